The summed E-state index contributed by atoms with van der Waals surface area (Å²) < 4.78 is 11.8. The van der Waals surface area contributed by atoms with Gasteiger partial charge < -0.3 is 34.9 Å². The van der Waals surface area contributed by atoms with Crippen LogP contribution in [0.25, 0.3) is 10.9 Å². The Labute approximate surface area is 134 Å². The minimum atomic E-state index is -1.46. The number of halogens is 1. The van der Waals surface area contributed by atoms with E-state index >= 15 is 0 Å². The Morgan fingerprint density at radius 1 is 1.18 bits per heavy atom. The van der Waals surface area contributed by atoms with Crippen LogP contribution in [0.15, 0.2) is 28.9 Å². The van der Waals surface area contributed by atoms with Crippen LogP contribution < -0.4 is 4.74 Å². The van der Waals surface area contributed by atoms with Crippen molar-refractivity contribution < 1.29 is 29.9 Å². The van der Waals surface area contributed by atoms with Crippen molar-refractivity contribution in [3.8, 4) is 5.75 Å². The highest BCUT2D eigenvalue weighted by Crippen LogP contribution is 2.31. The Balaban J connectivity index is 1.85. The third-order valence-corrected chi connectivity index (χ3v) is 4.19. The first-order chi connectivity index (χ1) is 10.5. The maximum atomic E-state index is 9.99. The molecule has 0 amide bonds. The lowest BCUT2D eigenvalue weighted by Gasteiger charge is -2.39. The molecular formula is C14H16BrNO6. The fraction of sp³-hybridized carbons (Fsp3) is 0.429. The highest BCUT2D eigenvalue weighted by molar-refractivity contribution is 9.10. The number of nitrogens with one attached hydrogen (secondary N) is 1. The molecule has 1 aromatic carbocycles. The standard InChI is InChI=1S/C14H16BrNO6/c15-6-1-2-8-7(3-6)9(4-16-8)21-14-13(20)12(19)11(18)10(5-17)22-14/h1-4,10-14,16-20H,5H2/t10-,11-,12+,13-,14+/m1/s1. The number of fused-ring (bicyclic) bond motifs is 1. The minimum Gasteiger partial charge on any atom is -0.460 e. The molecule has 0 saturated carbocycles. The zero-order valence-corrected chi connectivity index (χ0v) is 13.0. The number of aromatic amines is 1. The van der Waals surface area contributed by atoms with Crippen LogP contribution >= 0.6 is 15.9 Å². The summed E-state index contributed by atoms with van der Waals surface area (Å²) in [4.78, 5) is 3.02. The number of rotatable bonds is 3. The van der Waals surface area contributed by atoms with Crippen molar-refractivity contribution in [2.45, 2.75) is 30.7 Å². The summed E-state index contributed by atoms with van der Waals surface area (Å²) in [6, 6.07) is 5.57. The van der Waals surface area contributed by atoms with Crippen molar-refractivity contribution >= 4 is 26.8 Å². The number of hydrogen-bond donors (Lipinski definition) is 5. The molecule has 120 valence electrons. The molecule has 5 N–H and O–H groups in total. The van der Waals surface area contributed by atoms with Crippen molar-refractivity contribution in [1.82, 2.24) is 4.98 Å². The van der Waals surface area contributed by atoms with Crippen molar-refractivity contribution in [3.05, 3.63) is 28.9 Å². The maximum Gasteiger partial charge on any atom is 0.229 e. The SMILES string of the molecule is OC[C@H]1O[C@H](Oc2c[nH]c3ccc(Br)cc23)[C@H](O)[C@@H](O)[C@@H]1O. The van der Waals surface area contributed by atoms with Crippen LogP contribution in [-0.4, -0.2) is 62.7 Å². The van der Waals surface area contributed by atoms with Gasteiger partial charge in [0.05, 0.1) is 6.61 Å². The Morgan fingerprint density at radius 3 is 2.68 bits per heavy atom. The first-order valence-corrected chi connectivity index (χ1v) is 7.54. The minimum absolute atomic E-state index is 0.431. The topological polar surface area (TPSA) is 115 Å². The van der Waals surface area contributed by atoms with Gasteiger partial charge in [0.1, 0.15) is 30.2 Å². The van der Waals surface area contributed by atoms with Crippen LogP contribution in [0.3, 0.4) is 0 Å². The molecule has 22 heavy (non-hydrogen) atoms. The van der Waals surface area contributed by atoms with E-state index < -0.39 is 37.3 Å². The van der Waals surface area contributed by atoms with E-state index in [1.807, 2.05) is 18.2 Å². The normalized spacial score (nSPS) is 32.3. The summed E-state index contributed by atoms with van der Waals surface area (Å²) in [5.41, 5.74) is 0.836. The number of aromatic nitrogens is 1. The fourth-order valence-electron chi connectivity index (χ4n) is 2.45. The molecule has 2 heterocycles. The predicted molar refractivity (Wildman–Crippen MR) is 80.4 cm³/mol. The lowest BCUT2D eigenvalue weighted by atomic mass is 9.99. The number of hydrogen-bond acceptors (Lipinski definition) is 6. The molecule has 1 saturated heterocycles. The molecule has 1 fully saturated rings. The van der Waals surface area contributed by atoms with Gasteiger partial charge in [-0.3, -0.25) is 0 Å². The van der Waals surface area contributed by atoms with Gasteiger partial charge in [0.2, 0.25) is 6.29 Å². The Bertz CT molecular complexity index is 660. The Hall–Kier alpha value is -1.16. The zero-order valence-electron chi connectivity index (χ0n) is 11.4. The summed E-state index contributed by atoms with van der Waals surface area (Å²) >= 11 is 3.37. The molecule has 7 nitrogen and oxygen atoms in total. The summed E-state index contributed by atoms with van der Waals surface area (Å²) in [5, 5.41) is 39.4. The third-order valence-electron chi connectivity index (χ3n) is 3.70. The Kier molecular flexibility index (Phi) is 4.40. The molecule has 0 spiro atoms. The highest BCUT2D eigenvalue weighted by Gasteiger charge is 2.44. The van der Waals surface area contributed by atoms with Gasteiger partial charge in [0.15, 0.2) is 0 Å². The molecule has 8 heteroatoms. The van der Waals surface area contributed by atoms with Crippen molar-refractivity contribution in [1.29, 1.82) is 0 Å². The average molecular weight is 374 g/mol. The largest absolute Gasteiger partial charge is 0.460 e. The summed E-state index contributed by atoms with van der Waals surface area (Å²) in [7, 11) is 0. The summed E-state index contributed by atoms with van der Waals surface area (Å²) in [5.74, 6) is 0.431. The first-order valence-electron chi connectivity index (χ1n) is 6.75. The molecule has 3 rings (SSSR count). The van der Waals surface area contributed by atoms with Crippen LogP contribution in [0.5, 0.6) is 5.75 Å². The van der Waals surface area contributed by atoms with E-state index in [4.69, 9.17) is 9.47 Å². The van der Waals surface area contributed by atoms with Gasteiger partial charge in [-0.05, 0) is 18.2 Å². The molecule has 1 aliphatic rings. The second-order valence-corrected chi connectivity index (χ2v) is 6.07. The average Bonchev–Trinajstić information content (AvgIpc) is 2.90. The molecule has 2 aromatic rings. The van der Waals surface area contributed by atoms with Crippen LogP contribution in [0, 0.1) is 0 Å². The van der Waals surface area contributed by atoms with E-state index in [9.17, 15) is 20.4 Å². The van der Waals surface area contributed by atoms with E-state index in [1.165, 1.54) is 0 Å². The molecule has 0 bridgehead atoms. The van der Waals surface area contributed by atoms with Gasteiger partial charge >= 0.3 is 0 Å². The number of ether oxygens (including phenoxy) is 2. The monoisotopic (exact) mass is 373 g/mol. The number of benzene rings is 1. The zero-order chi connectivity index (χ0) is 15.9. The van der Waals surface area contributed by atoms with Crippen LogP contribution in [0.1, 0.15) is 0 Å². The molecular weight excluding hydrogens is 358 g/mol. The van der Waals surface area contributed by atoms with Crippen LogP contribution in [-0.2, 0) is 4.74 Å². The van der Waals surface area contributed by atoms with E-state index in [0.29, 0.717) is 5.75 Å². The second kappa shape index (κ2) is 6.15. The van der Waals surface area contributed by atoms with Gasteiger partial charge in [-0.25, -0.2) is 0 Å². The molecule has 1 aromatic heterocycles. The van der Waals surface area contributed by atoms with Crippen LogP contribution in [0.4, 0.5) is 0 Å². The molecule has 0 aliphatic carbocycles. The molecule has 1 aliphatic heterocycles. The van der Waals surface area contributed by atoms with E-state index in [0.717, 1.165) is 15.4 Å². The lowest BCUT2D eigenvalue weighted by molar-refractivity contribution is -0.277. The predicted octanol–water partition coefficient (Wildman–Crippen LogP) is 0.109. The van der Waals surface area contributed by atoms with Gasteiger partial charge in [0.25, 0.3) is 0 Å². The molecule has 5 atom stereocenters. The molecule has 0 unspecified atom stereocenters. The van der Waals surface area contributed by atoms with Crippen molar-refractivity contribution in [2.75, 3.05) is 6.61 Å². The van der Waals surface area contributed by atoms with E-state index in [1.54, 1.807) is 6.20 Å². The fourth-order valence-corrected chi connectivity index (χ4v) is 2.82. The number of aliphatic hydroxyl groups excluding tert-OH is 4. The van der Waals surface area contributed by atoms with Crippen molar-refractivity contribution in [2.24, 2.45) is 0 Å². The Morgan fingerprint density at radius 2 is 1.95 bits per heavy atom. The molecule has 0 radical (unpaired) electrons. The van der Waals surface area contributed by atoms with Gasteiger partial charge in [-0.2, -0.15) is 0 Å². The number of H-pyrrole nitrogens is 1. The smallest absolute Gasteiger partial charge is 0.229 e. The second-order valence-electron chi connectivity index (χ2n) is 5.16. The van der Waals surface area contributed by atoms with Gasteiger partial charge in [-0.1, -0.05) is 15.9 Å². The highest BCUT2D eigenvalue weighted by atomic mass is 79.9. The lowest BCUT2D eigenvalue weighted by Crippen LogP contribution is -2.60. The van der Waals surface area contributed by atoms with Crippen molar-refractivity contribution in [3.63, 3.8) is 0 Å². The van der Waals surface area contributed by atoms with E-state index in [-0.39, 0.29) is 0 Å². The summed E-state index contributed by atoms with van der Waals surface area (Å²) in [6.07, 6.45) is -4.90. The number of aliphatic hydroxyl groups is 4. The third kappa shape index (κ3) is 2.73. The van der Waals surface area contributed by atoms with E-state index in [2.05, 4.69) is 20.9 Å². The summed E-state index contributed by atoms with van der Waals surface area (Å²) in [6.45, 7) is -0.496. The van der Waals surface area contributed by atoms with Gasteiger partial charge in [0, 0.05) is 21.6 Å². The first kappa shape index (κ1) is 15.7. The quantitative estimate of drug-likeness (QED) is 0.521. The van der Waals surface area contributed by atoms with Crippen LogP contribution in [0.2, 0.25) is 0 Å². The van der Waals surface area contributed by atoms with Gasteiger partial charge in [-0.15, -0.1) is 0 Å². The maximum absolute atomic E-state index is 9.99.